The van der Waals surface area contributed by atoms with Crippen molar-refractivity contribution >= 4 is 40.4 Å². The molecule has 2 amide bonds. The number of nitrogens with one attached hydrogen (secondary N) is 2. The number of nitrogens with two attached hydrogens (primary N) is 1. The molecule has 0 saturated carbocycles. The van der Waals surface area contributed by atoms with Crippen LogP contribution < -0.4 is 16.4 Å². The van der Waals surface area contributed by atoms with Gasteiger partial charge in [0.1, 0.15) is 5.60 Å². The third-order valence-electron chi connectivity index (χ3n) is 4.97. The van der Waals surface area contributed by atoms with Crippen LogP contribution in [0.2, 0.25) is 0 Å². The molecule has 1 aromatic rings. The highest BCUT2D eigenvalue weighted by Crippen LogP contribution is 2.11. The Kier molecular flexibility index (Phi) is 13.6. The summed E-state index contributed by atoms with van der Waals surface area (Å²) in [5, 5.41) is 5.86. The van der Waals surface area contributed by atoms with E-state index in [4.69, 9.17) is 10.5 Å². The summed E-state index contributed by atoms with van der Waals surface area (Å²) in [6.45, 7) is 7.98. The zero-order chi connectivity index (χ0) is 24.9. The van der Waals surface area contributed by atoms with Crippen LogP contribution in [0.25, 0.3) is 0 Å². The minimum Gasteiger partial charge on any atom is -0.460 e. The minimum atomic E-state index is -0.737. The highest BCUT2D eigenvalue weighted by Gasteiger charge is 2.20. The van der Waals surface area contributed by atoms with Gasteiger partial charge in [0.2, 0.25) is 11.8 Å². The second-order valence-corrected chi connectivity index (χ2v) is 10.7. The Balaban J connectivity index is 2.09. The maximum atomic E-state index is 12.2. The smallest absolute Gasteiger partial charge is 0.306 e. The molecule has 8 heteroatoms. The SMILES string of the molecule is CC(CCCCNC(=O)CCCc1ccc(I)cc1)NC(=O)[C@@H](N)CCC(=O)OC(C)(C)C. The van der Waals surface area contributed by atoms with Crippen molar-refractivity contribution in [3.63, 3.8) is 0 Å². The van der Waals surface area contributed by atoms with Crippen LogP contribution in [0, 0.1) is 3.57 Å². The van der Waals surface area contributed by atoms with E-state index in [1.54, 1.807) is 20.8 Å². The predicted molar refractivity (Wildman–Crippen MR) is 140 cm³/mol. The van der Waals surface area contributed by atoms with Gasteiger partial charge in [-0.25, -0.2) is 0 Å². The third kappa shape index (κ3) is 15.0. The second kappa shape index (κ2) is 15.3. The number of amides is 2. The standard InChI is InChI=1S/C25H40IN3O4/c1-18(29-24(32)21(27)15-16-23(31)33-25(2,3)4)8-5-6-17-28-22(30)10-7-9-19-11-13-20(26)14-12-19/h11-14,18,21H,5-10,15-17,27H2,1-4H3,(H,28,30)(H,29,32)/t18?,21-/m0/s1. The zero-order valence-corrected chi connectivity index (χ0v) is 22.6. The molecule has 1 aromatic carbocycles. The molecule has 0 heterocycles. The average molecular weight is 574 g/mol. The van der Waals surface area contributed by atoms with Crippen LogP contribution in [0.4, 0.5) is 0 Å². The molecule has 0 bridgehead atoms. The quantitative estimate of drug-likeness (QED) is 0.178. The number of hydrogen-bond donors (Lipinski definition) is 3. The van der Waals surface area contributed by atoms with E-state index in [1.165, 1.54) is 9.13 Å². The summed E-state index contributed by atoms with van der Waals surface area (Å²) in [6.07, 6.45) is 5.18. The molecule has 0 aliphatic heterocycles. The second-order valence-electron chi connectivity index (χ2n) is 9.47. The van der Waals surface area contributed by atoms with Crippen molar-refractivity contribution in [3.8, 4) is 0 Å². The van der Waals surface area contributed by atoms with Crippen molar-refractivity contribution in [3.05, 3.63) is 33.4 Å². The maximum absolute atomic E-state index is 12.2. The molecule has 186 valence electrons. The Morgan fingerprint density at radius 3 is 2.33 bits per heavy atom. The van der Waals surface area contributed by atoms with Gasteiger partial charge < -0.3 is 21.1 Å². The van der Waals surface area contributed by atoms with Crippen LogP contribution in [-0.4, -0.2) is 42.0 Å². The first-order valence-electron chi connectivity index (χ1n) is 11.7. The largest absolute Gasteiger partial charge is 0.460 e. The fourth-order valence-electron chi connectivity index (χ4n) is 3.21. The van der Waals surface area contributed by atoms with Crippen molar-refractivity contribution < 1.29 is 19.1 Å². The lowest BCUT2D eigenvalue weighted by atomic mass is 10.1. The third-order valence-corrected chi connectivity index (χ3v) is 5.69. The van der Waals surface area contributed by atoms with E-state index in [0.717, 1.165) is 32.1 Å². The number of ether oxygens (including phenoxy) is 1. The van der Waals surface area contributed by atoms with Crippen LogP contribution in [0.5, 0.6) is 0 Å². The van der Waals surface area contributed by atoms with Crippen molar-refractivity contribution in [2.24, 2.45) is 5.73 Å². The van der Waals surface area contributed by atoms with Crippen LogP contribution in [0.1, 0.15) is 78.2 Å². The Labute approximate surface area is 212 Å². The van der Waals surface area contributed by atoms with E-state index >= 15 is 0 Å². The first-order valence-corrected chi connectivity index (χ1v) is 12.8. The van der Waals surface area contributed by atoms with Gasteiger partial charge in [-0.1, -0.05) is 12.1 Å². The van der Waals surface area contributed by atoms with Crippen molar-refractivity contribution in [1.82, 2.24) is 10.6 Å². The minimum absolute atomic E-state index is 0.0188. The molecule has 0 radical (unpaired) electrons. The van der Waals surface area contributed by atoms with E-state index in [2.05, 4.69) is 57.5 Å². The number of hydrogen-bond acceptors (Lipinski definition) is 5. The van der Waals surface area contributed by atoms with E-state index in [0.29, 0.717) is 13.0 Å². The topological polar surface area (TPSA) is 111 Å². The molecule has 0 saturated heterocycles. The summed E-state index contributed by atoms with van der Waals surface area (Å²) in [5.74, 6) is -0.527. The summed E-state index contributed by atoms with van der Waals surface area (Å²) in [7, 11) is 0. The number of esters is 1. The van der Waals surface area contributed by atoms with Crippen molar-refractivity contribution in [2.45, 2.75) is 96.7 Å². The number of halogens is 1. The molecule has 0 spiro atoms. The molecule has 7 nitrogen and oxygen atoms in total. The van der Waals surface area contributed by atoms with Gasteiger partial charge in [0, 0.05) is 29.0 Å². The Morgan fingerprint density at radius 2 is 1.70 bits per heavy atom. The molecule has 1 unspecified atom stereocenters. The van der Waals surface area contributed by atoms with Gasteiger partial charge in [0.25, 0.3) is 0 Å². The number of carbonyl (C=O) groups excluding carboxylic acids is 3. The number of unbranched alkanes of at least 4 members (excludes halogenated alkanes) is 1. The van der Waals surface area contributed by atoms with Gasteiger partial charge in [-0.2, -0.15) is 0 Å². The Bertz CT molecular complexity index is 747. The van der Waals surface area contributed by atoms with E-state index in [1.807, 2.05) is 6.92 Å². The van der Waals surface area contributed by atoms with Crippen LogP contribution >= 0.6 is 22.6 Å². The average Bonchev–Trinajstić information content (AvgIpc) is 2.71. The fourth-order valence-corrected chi connectivity index (χ4v) is 3.57. The van der Waals surface area contributed by atoms with Crippen LogP contribution in [0.3, 0.4) is 0 Å². The molecule has 2 atom stereocenters. The van der Waals surface area contributed by atoms with Crippen LogP contribution in [-0.2, 0) is 25.5 Å². The van der Waals surface area contributed by atoms with Crippen LogP contribution in [0.15, 0.2) is 24.3 Å². The first-order chi connectivity index (χ1) is 15.5. The molecule has 1 rings (SSSR count). The van der Waals surface area contributed by atoms with Crippen molar-refractivity contribution in [1.29, 1.82) is 0 Å². The normalized spacial score (nSPS) is 13.2. The van der Waals surface area contributed by atoms with E-state index in [-0.39, 0.29) is 36.7 Å². The summed E-state index contributed by atoms with van der Waals surface area (Å²) in [6, 6.07) is 7.61. The van der Waals surface area contributed by atoms with Gasteiger partial charge in [0.05, 0.1) is 6.04 Å². The lowest BCUT2D eigenvalue weighted by Gasteiger charge is -2.20. The highest BCUT2D eigenvalue weighted by atomic mass is 127. The molecule has 0 aliphatic carbocycles. The summed E-state index contributed by atoms with van der Waals surface area (Å²) in [5.41, 5.74) is 6.61. The molecular formula is C25H40IN3O4. The van der Waals surface area contributed by atoms with Gasteiger partial charge in [-0.05, 0) is 107 Å². The summed E-state index contributed by atoms with van der Waals surface area (Å²) in [4.78, 5) is 35.9. The summed E-state index contributed by atoms with van der Waals surface area (Å²) < 4.78 is 6.44. The van der Waals surface area contributed by atoms with Crippen molar-refractivity contribution in [2.75, 3.05) is 6.54 Å². The number of benzene rings is 1. The monoisotopic (exact) mass is 573 g/mol. The molecular weight excluding hydrogens is 533 g/mol. The van der Waals surface area contributed by atoms with Gasteiger partial charge >= 0.3 is 5.97 Å². The molecule has 0 aliphatic rings. The summed E-state index contributed by atoms with van der Waals surface area (Å²) >= 11 is 2.28. The lowest BCUT2D eigenvalue weighted by molar-refractivity contribution is -0.155. The van der Waals surface area contributed by atoms with Gasteiger partial charge in [-0.3, -0.25) is 14.4 Å². The molecule has 4 N–H and O–H groups in total. The maximum Gasteiger partial charge on any atom is 0.306 e. The zero-order valence-electron chi connectivity index (χ0n) is 20.4. The van der Waals surface area contributed by atoms with Gasteiger partial charge in [0.15, 0.2) is 0 Å². The highest BCUT2D eigenvalue weighted by molar-refractivity contribution is 14.1. The fraction of sp³-hybridized carbons (Fsp3) is 0.640. The molecule has 33 heavy (non-hydrogen) atoms. The predicted octanol–water partition coefficient (Wildman–Crippen LogP) is 3.85. The number of rotatable bonds is 14. The van der Waals surface area contributed by atoms with E-state index < -0.39 is 11.6 Å². The molecule has 0 fully saturated rings. The first kappa shape index (κ1) is 29.4. The Hall–Kier alpha value is -1.68. The lowest BCUT2D eigenvalue weighted by Crippen LogP contribution is -2.44. The number of aryl methyl sites for hydroxylation is 1. The molecule has 0 aromatic heterocycles. The van der Waals surface area contributed by atoms with E-state index in [9.17, 15) is 14.4 Å². The number of carbonyl (C=O) groups is 3. The Morgan fingerprint density at radius 1 is 1.03 bits per heavy atom. The van der Waals surface area contributed by atoms with Gasteiger partial charge in [-0.15, -0.1) is 0 Å².